The third-order valence-corrected chi connectivity index (χ3v) is 1.78. The van der Waals surface area contributed by atoms with E-state index in [1.165, 1.54) is 5.56 Å². The van der Waals surface area contributed by atoms with Gasteiger partial charge in [-0.3, -0.25) is 0 Å². The minimum Gasteiger partial charge on any atom is -0.383 e. The summed E-state index contributed by atoms with van der Waals surface area (Å²) in [4.78, 5) is 4.79. The summed E-state index contributed by atoms with van der Waals surface area (Å²) in [6, 6.07) is 8.13. The molecule has 0 aliphatic carbocycles. The number of terminal acetylenes is 1. The zero-order valence-corrected chi connectivity index (χ0v) is 8.23. The van der Waals surface area contributed by atoms with E-state index in [4.69, 9.17) is 11.3 Å². The molecule has 0 N–H and O–H groups in total. The van der Waals surface area contributed by atoms with Crippen LogP contribution in [0, 0.1) is 12.3 Å². The summed E-state index contributed by atoms with van der Waals surface area (Å²) >= 11 is 0. The molecule has 2 heteroatoms. The SMILES string of the molecule is C#CCON=Cc1cccc(CC)c1. The molecular weight excluding hydrogens is 174 g/mol. The minimum absolute atomic E-state index is 0.212. The molecule has 0 fully saturated rings. The molecule has 0 saturated carbocycles. The summed E-state index contributed by atoms with van der Waals surface area (Å²) in [5.74, 6) is 2.34. The molecule has 1 aromatic rings. The Morgan fingerprint density at radius 2 is 2.43 bits per heavy atom. The van der Waals surface area contributed by atoms with Gasteiger partial charge in [0, 0.05) is 0 Å². The van der Waals surface area contributed by atoms with Crippen LogP contribution in [0.25, 0.3) is 0 Å². The van der Waals surface area contributed by atoms with Gasteiger partial charge >= 0.3 is 0 Å². The van der Waals surface area contributed by atoms with Crippen molar-refractivity contribution in [3.63, 3.8) is 0 Å². The topological polar surface area (TPSA) is 21.6 Å². The first kappa shape index (κ1) is 10.3. The first-order valence-corrected chi connectivity index (χ1v) is 4.54. The number of oxime groups is 1. The third kappa shape index (κ3) is 3.32. The van der Waals surface area contributed by atoms with Crippen molar-refractivity contribution in [3.05, 3.63) is 35.4 Å². The van der Waals surface area contributed by atoms with E-state index in [9.17, 15) is 0 Å². The number of nitrogens with zero attached hydrogens (tertiary/aromatic N) is 1. The zero-order chi connectivity index (χ0) is 10.2. The predicted octanol–water partition coefficient (Wildman–Crippen LogP) is 2.23. The first-order valence-electron chi connectivity index (χ1n) is 4.54. The van der Waals surface area contributed by atoms with Gasteiger partial charge in [0.15, 0.2) is 6.61 Å². The van der Waals surface area contributed by atoms with Crippen molar-refractivity contribution in [1.82, 2.24) is 0 Å². The number of aryl methyl sites for hydroxylation is 1. The Morgan fingerprint density at radius 1 is 1.57 bits per heavy atom. The number of rotatable bonds is 4. The summed E-state index contributed by atoms with van der Waals surface area (Å²) < 4.78 is 0. The second-order valence-electron chi connectivity index (χ2n) is 2.81. The van der Waals surface area contributed by atoms with E-state index in [0.717, 1.165) is 12.0 Å². The molecule has 0 amide bonds. The van der Waals surface area contributed by atoms with Crippen LogP contribution in [0.15, 0.2) is 29.4 Å². The van der Waals surface area contributed by atoms with Crippen molar-refractivity contribution in [3.8, 4) is 12.3 Å². The number of benzene rings is 1. The summed E-state index contributed by atoms with van der Waals surface area (Å²) in [5, 5.41) is 3.74. The smallest absolute Gasteiger partial charge is 0.177 e. The van der Waals surface area contributed by atoms with Crippen LogP contribution in [0.1, 0.15) is 18.1 Å². The van der Waals surface area contributed by atoms with Gasteiger partial charge in [0.25, 0.3) is 0 Å². The van der Waals surface area contributed by atoms with E-state index in [0.29, 0.717) is 0 Å². The van der Waals surface area contributed by atoms with Crippen molar-refractivity contribution >= 4 is 6.21 Å². The highest BCUT2D eigenvalue weighted by molar-refractivity contribution is 5.79. The van der Waals surface area contributed by atoms with E-state index in [1.54, 1.807) is 6.21 Å². The monoisotopic (exact) mass is 187 g/mol. The average Bonchev–Trinajstić information content (AvgIpc) is 2.25. The van der Waals surface area contributed by atoms with Gasteiger partial charge < -0.3 is 4.84 Å². The van der Waals surface area contributed by atoms with Crippen molar-refractivity contribution in [2.24, 2.45) is 5.16 Å². The van der Waals surface area contributed by atoms with Crippen LogP contribution >= 0.6 is 0 Å². The average molecular weight is 187 g/mol. The second kappa shape index (κ2) is 5.82. The van der Waals surface area contributed by atoms with E-state index < -0.39 is 0 Å². The quantitative estimate of drug-likeness (QED) is 0.306. The second-order valence-corrected chi connectivity index (χ2v) is 2.81. The zero-order valence-electron chi connectivity index (χ0n) is 8.23. The fourth-order valence-corrected chi connectivity index (χ4v) is 1.07. The highest BCUT2D eigenvalue weighted by Crippen LogP contribution is 2.03. The highest BCUT2D eigenvalue weighted by Gasteiger charge is 1.90. The Labute approximate surface area is 84.6 Å². The van der Waals surface area contributed by atoms with E-state index >= 15 is 0 Å². The Bertz CT molecular complexity index is 350. The number of hydrogen-bond acceptors (Lipinski definition) is 2. The van der Waals surface area contributed by atoms with Gasteiger partial charge in [-0.25, -0.2) is 0 Å². The molecule has 0 radical (unpaired) electrons. The molecule has 0 aliphatic heterocycles. The van der Waals surface area contributed by atoms with Gasteiger partial charge in [-0.2, -0.15) is 0 Å². The molecule has 0 saturated heterocycles. The van der Waals surface area contributed by atoms with E-state index in [-0.39, 0.29) is 6.61 Å². The molecule has 72 valence electrons. The van der Waals surface area contributed by atoms with Crippen LogP contribution in [0.3, 0.4) is 0 Å². The molecule has 0 unspecified atom stereocenters. The van der Waals surface area contributed by atoms with Crippen LogP contribution in [0.5, 0.6) is 0 Å². The van der Waals surface area contributed by atoms with Gasteiger partial charge in [-0.1, -0.05) is 42.3 Å². The van der Waals surface area contributed by atoms with Gasteiger partial charge in [0.2, 0.25) is 0 Å². The normalized spacial score (nSPS) is 10.0. The predicted molar refractivity (Wildman–Crippen MR) is 58.2 cm³/mol. The molecule has 14 heavy (non-hydrogen) atoms. The maximum Gasteiger partial charge on any atom is 0.177 e. The maximum atomic E-state index is 5.00. The summed E-state index contributed by atoms with van der Waals surface area (Å²) in [6.07, 6.45) is 7.69. The van der Waals surface area contributed by atoms with Crippen molar-refractivity contribution in [1.29, 1.82) is 0 Å². The molecule has 0 spiro atoms. The Morgan fingerprint density at radius 3 is 3.14 bits per heavy atom. The van der Waals surface area contributed by atoms with Crippen LogP contribution in [-0.4, -0.2) is 12.8 Å². The molecule has 0 aliphatic rings. The van der Waals surface area contributed by atoms with E-state index in [1.807, 2.05) is 12.1 Å². The summed E-state index contributed by atoms with van der Waals surface area (Å²) in [7, 11) is 0. The van der Waals surface area contributed by atoms with Gasteiger partial charge in [0.1, 0.15) is 0 Å². The van der Waals surface area contributed by atoms with Crippen LogP contribution in [-0.2, 0) is 11.3 Å². The molecule has 0 atom stereocenters. The maximum absolute atomic E-state index is 5.00. The van der Waals surface area contributed by atoms with Crippen molar-refractivity contribution in [2.45, 2.75) is 13.3 Å². The van der Waals surface area contributed by atoms with Crippen molar-refractivity contribution < 1.29 is 4.84 Å². The Balaban J connectivity index is 2.58. The number of hydrogen-bond donors (Lipinski definition) is 0. The lowest BCUT2D eigenvalue weighted by Crippen LogP contribution is -1.87. The Kier molecular flexibility index (Phi) is 4.30. The lowest BCUT2D eigenvalue weighted by molar-refractivity contribution is 0.181. The third-order valence-electron chi connectivity index (χ3n) is 1.78. The molecular formula is C12H13NO. The molecule has 0 bridgehead atoms. The van der Waals surface area contributed by atoms with Crippen LogP contribution < -0.4 is 0 Å². The fraction of sp³-hybridized carbons (Fsp3) is 0.250. The fourth-order valence-electron chi connectivity index (χ4n) is 1.07. The molecule has 0 heterocycles. The van der Waals surface area contributed by atoms with Crippen LogP contribution in [0.2, 0.25) is 0 Å². The van der Waals surface area contributed by atoms with Crippen LogP contribution in [0.4, 0.5) is 0 Å². The first-order chi connectivity index (χ1) is 6.86. The largest absolute Gasteiger partial charge is 0.383 e. The Hall–Kier alpha value is -1.75. The standard InChI is InChI=1S/C12H13NO/c1-3-8-14-13-10-12-7-5-6-11(4-2)9-12/h1,5-7,9-10H,4,8H2,2H3. The lowest BCUT2D eigenvalue weighted by atomic mass is 10.1. The molecule has 1 rings (SSSR count). The lowest BCUT2D eigenvalue weighted by Gasteiger charge is -1.97. The highest BCUT2D eigenvalue weighted by atomic mass is 16.6. The summed E-state index contributed by atoms with van der Waals surface area (Å²) in [6.45, 7) is 2.33. The van der Waals surface area contributed by atoms with Crippen molar-refractivity contribution in [2.75, 3.05) is 6.61 Å². The van der Waals surface area contributed by atoms with E-state index in [2.05, 4.69) is 30.1 Å². The minimum atomic E-state index is 0.212. The summed E-state index contributed by atoms with van der Waals surface area (Å²) in [5.41, 5.74) is 2.31. The van der Waals surface area contributed by atoms with Gasteiger partial charge in [-0.05, 0) is 17.5 Å². The molecule has 2 nitrogen and oxygen atoms in total. The molecule has 1 aromatic carbocycles. The molecule has 0 aromatic heterocycles. The van der Waals surface area contributed by atoms with Gasteiger partial charge in [-0.15, -0.1) is 6.42 Å². The van der Waals surface area contributed by atoms with Gasteiger partial charge in [0.05, 0.1) is 6.21 Å².